The molecule has 166 valence electrons. The highest BCUT2D eigenvalue weighted by atomic mass is 32.2. The van der Waals surface area contributed by atoms with Gasteiger partial charge in [0, 0.05) is 18.3 Å². The second-order valence-electron chi connectivity index (χ2n) is 8.39. The number of nitrogens with zero attached hydrogens (tertiary/aromatic N) is 4. The third-order valence-corrected chi connectivity index (χ3v) is 8.10. The molecule has 5 rings (SSSR count). The summed E-state index contributed by atoms with van der Waals surface area (Å²) in [5, 5.41) is 4.13. The predicted octanol–water partition coefficient (Wildman–Crippen LogP) is 2.93. The molecule has 2 saturated heterocycles. The minimum atomic E-state index is -3.64. The van der Waals surface area contributed by atoms with E-state index in [4.69, 9.17) is 0 Å². The molecule has 0 radical (unpaired) electrons. The average Bonchev–Trinajstić information content (AvgIpc) is 3.37. The number of piperidine rings is 1. The Morgan fingerprint density at radius 1 is 1.12 bits per heavy atom. The van der Waals surface area contributed by atoms with E-state index in [9.17, 15) is 13.2 Å². The second kappa shape index (κ2) is 8.05. The van der Waals surface area contributed by atoms with Gasteiger partial charge < -0.3 is 10.2 Å². The molecule has 9 heteroatoms. The Bertz CT molecular complexity index is 1270. The molecule has 0 saturated carbocycles. The first-order chi connectivity index (χ1) is 15.5. The zero-order valence-electron chi connectivity index (χ0n) is 17.6. The van der Waals surface area contributed by atoms with Crippen molar-refractivity contribution in [1.29, 1.82) is 0 Å². The van der Waals surface area contributed by atoms with Crippen LogP contribution in [-0.4, -0.2) is 51.3 Å². The van der Waals surface area contributed by atoms with Crippen molar-refractivity contribution in [1.82, 2.24) is 18.8 Å². The van der Waals surface area contributed by atoms with Gasteiger partial charge in [-0.15, -0.1) is 0 Å². The first kappa shape index (κ1) is 20.7. The molecule has 1 amide bonds. The van der Waals surface area contributed by atoms with Crippen molar-refractivity contribution in [3.63, 3.8) is 0 Å². The van der Waals surface area contributed by atoms with Gasteiger partial charge >= 0.3 is 0 Å². The van der Waals surface area contributed by atoms with Crippen molar-refractivity contribution in [2.24, 2.45) is 0 Å². The smallest absolute Gasteiger partial charge is 0.246 e. The molecule has 2 aliphatic heterocycles. The largest absolute Gasteiger partial charge is 0.365 e. The lowest BCUT2D eigenvalue weighted by molar-refractivity contribution is -0.130. The minimum absolute atomic E-state index is 0.0324. The Kier molecular flexibility index (Phi) is 5.21. The highest BCUT2D eigenvalue weighted by molar-refractivity contribution is 7.89. The number of fused-ring (bicyclic) bond motifs is 3. The van der Waals surface area contributed by atoms with Gasteiger partial charge in [0.2, 0.25) is 15.9 Å². The zero-order valence-corrected chi connectivity index (χ0v) is 18.4. The number of hydrogen-bond acceptors (Lipinski definition) is 6. The molecular weight excluding hydrogens is 426 g/mol. The van der Waals surface area contributed by atoms with Crippen LogP contribution in [0.1, 0.15) is 31.2 Å². The third kappa shape index (κ3) is 3.56. The van der Waals surface area contributed by atoms with E-state index in [2.05, 4.69) is 21.9 Å². The quantitative estimate of drug-likeness (QED) is 0.579. The molecule has 3 aromatic rings. The standard InChI is InChI=1S/C23H25N5O3S/c1-2-21(29)28-17-8-10-19(20(28)11-9-17)26-22-18-12-13-27(23(18)25-15-24-22)32(30,31)14-16-6-4-3-5-7-16/h2-7,12-13,15,17,19-20H,1,8-11,14H2,(H,24,25,26)/t17-,19-,20-/m1/s1. The van der Waals surface area contributed by atoms with Gasteiger partial charge in [-0.05, 0) is 43.4 Å². The summed E-state index contributed by atoms with van der Waals surface area (Å²) in [6.45, 7) is 3.65. The summed E-state index contributed by atoms with van der Waals surface area (Å²) in [6.07, 6.45) is 8.07. The van der Waals surface area contributed by atoms with Crippen molar-refractivity contribution in [3.8, 4) is 0 Å². The molecule has 0 aliphatic carbocycles. The van der Waals surface area contributed by atoms with Gasteiger partial charge in [-0.25, -0.2) is 22.4 Å². The second-order valence-corrected chi connectivity index (χ2v) is 10.2. The maximum absolute atomic E-state index is 13.1. The fraction of sp³-hybridized carbons (Fsp3) is 0.348. The number of carbonyl (C=O) groups is 1. The van der Waals surface area contributed by atoms with Crippen LogP contribution in [0.5, 0.6) is 0 Å². The summed E-state index contributed by atoms with van der Waals surface area (Å²) in [4.78, 5) is 23.0. The van der Waals surface area contributed by atoms with E-state index in [1.807, 2.05) is 23.1 Å². The fourth-order valence-corrected chi connectivity index (χ4v) is 6.48. The van der Waals surface area contributed by atoms with Crippen LogP contribution in [0.2, 0.25) is 0 Å². The number of nitrogens with one attached hydrogen (secondary N) is 1. The average molecular weight is 452 g/mol. The van der Waals surface area contributed by atoms with Crippen molar-refractivity contribution in [2.45, 2.75) is 49.6 Å². The first-order valence-corrected chi connectivity index (χ1v) is 12.4. The molecule has 8 nitrogen and oxygen atoms in total. The first-order valence-electron chi connectivity index (χ1n) is 10.8. The Morgan fingerprint density at radius 2 is 1.91 bits per heavy atom. The summed E-state index contributed by atoms with van der Waals surface area (Å²) in [7, 11) is -3.64. The zero-order chi connectivity index (χ0) is 22.3. The Labute approximate surface area is 187 Å². The monoisotopic (exact) mass is 451 g/mol. The molecule has 2 bridgehead atoms. The topological polar surface area (TPSA) is 97.2 Å². The van der Waals surface area contributed by atoms with Crippen LogP contribution in [0.15, 0.2) is 61.6 Å². The van der Waals surface area contributed by atoms with Crippen LogP contribution >= 0.6 is 0 Å². The van der Waals surface area contributed by atoms with Crippen LogP contribution in [0.25, 0.3) is 11.0 Å². The molecule has 32 heavy (non-hydrogen) atoms. The number of anilines is 1. The fourth-order valence-electron chi connectivity index (χ4n) is 5.07. The maximum atomic E-state index is 13.1. The van der Waals surface area contributed by atoms with Crippen LogP contribution < -0.4 is 5.32 Å². The van der Waals surface area contributed by atoms with Gasteiger partial charge in [0.1, 0.15) is 12.1 Å². The summed E-state index contributed by atoms with van der Waals surface area (Å²) >= 11 is 0. The van der Waals surface area contributed by atoms with Crippen LogP contribution in [0, 0.1) is 0 Å². The normalized spacial score (nSPS) is 22.8. The summed E-state index contributed by atoms with van der Waals surface area (Å²) in [6, 6.07) is 11.2. The van der Waals surface area contributed by atoms with Gasteiger partial charge in [0.05, 0.1) is 17.2 Å². The highest BCUT2D eigenvalue weighted by Crippen LogP contribution is 2.37. The summed E-state index contributed by atoms with van der Waals surface area (Å²) in [5.41, 5.74) is 1.06. The number of benzene rings is 1. The van der Waals surface area contributed by atoms with Crippen molar-refractivity contribution >= 4 is 32.8 Å². The Balaban J connectivity index is 1.44. The van der Waals surface area contributed by atoms with E-state index < -0.39 is 10.0 Å². The SMILES string of the molecule is C=CC(=O)N1[C@H]2CC[C@@H]1[C@H](Nc1ncnc3c1ccn3S(=O)(=O)Cc1ccccc1)CC2. The van der Waals surface area contributed by atoms with Crippen LogP contribution in [0.3, 0.4) is 0 Å². The molecule has 3 atom stereocenters. The van der Waals surface area contributed by atoms with Gasteiger partial charge in [-0.2, -0.15) is 0 Å². The number of rotatable bonds is 6. The van der Waals surface area contributed by atoms with Gasteiger partial charge in [0.15, 0.2) is 5.65 Å². The summed E-state index contributed by atoms with van der Waals surface area (Å²) < 4.78 is 27.3. The lowest BCUT2D eigenvalue weighted by atomic mass is 9.97. The molecular formula is C23H25N5O3S. The van der Waals surface area contributed by atoms with Crippen molar-refractivity contribution < 1.29 is 13.2 Å². The molecule has 2 fully saturated rings. The van der Waals surface area contributed by atoms with Gasteiger partial charge in [0.25, 0.3) is 0 Å². The minimum Gasteiger partial charge on any atom is -0.365 e. The van der Waals surface area contributed by atoms with Crippen molar-refractivity contribution in [2.75, 3.05) is 5.32 Å². The number of hydrogen-bond donors (Lipinski definition) is 1. The third-order valence-electron chi connectivity index (χ3n) is 6.51. The van der Waals surface area contributed by atoms with Gasteiger partial charge in [-0.1, -0.05) is 36.9 Å². The van der Waals surface area contributed by atoms with Crippen LogP contribution in [0.4, 0.5) is 5.82 Å². The van der Waals surface area contributed by atoms with E-state index in [0.29, 0.717) is 22.4 Å². The maximum Gasteiger partial charge on any atom is 0.246 e. The van der Waals surface area contributed by atoms with Gasteiger partial charge in [-0.3, -0.25) is 4.79 Å². The number of aromatic nitrogens is 3. The van der Waals surface area contributed by atoms with E-state index >= 15 is 0 Å². The van der Waals surface area contributed by atoms with E-state index in [1.165, 1.54) is 22.6 Å². The van der Waals surface area contributed by atoms with E-state index in [1.54, 1.807) is 18.2 Å². The van der Waals surface area contributed by atoms with Crippen molar-refractivity contribution in [3.05, 3.63) is 67.1 Å². The highest BCUT2D eigenvalue weighted by Gasteiger charge is 2.44. The van der Waals surface area contributed by atoms with E-state index in [0.717, 1.165) is 25.7 Å². The molecule has 0 unspecified atom stereocenters. The lowest BCUT2D eigenvalue weighted by Gasteiger charge is -2.40. The summed E-state index contributed by atoms with van der Waals surface area (Å²) in [5.74, 6) is 0.440. The number of amides is 1. The van der Waals surface area contributed by atoms with E-state index in [-0.39, 0.29) is 29.8 Å². The Hall–Kier alpha value is -3.20. The molecule has 1 aromatic carbocycles. The molecule has 1 N–H and O–H groups in total. The molecule has 2 aromatic heterocycles. The number of carbonyl (C=O) groups excluding carboxylic acids is 1. The lowest BCUT2D eigenvalue weighted by Crippen LogP contribution is -2.52. The molecule has 0 spiro atoms. The molecule has 2 aliphatic rings. The predicted molar refractivity (Wildman–Crippen MR) is 122 cm³/mol. The molecule has 4 heterocycles. The Morgan fingerprint density at radius 3 is 2.69 bits per heavy atom. The van der Waals surface area contributed by atoms with Crippen LogP contribution in [-0.2, 0) is 20.6 Å².